The van der Waals surface area contributed by atoms with E-state index in [4.69, 9.17) is 10.5 Å². The number of rotatable bonds is 6. The summed E-state index contributed by atoms with van der Waals surface area (Å²) in [6, 6.07) is 14.1. The van der Waals surface area contributed by atoms with Crippen molar-refractivity contribution in [2.75, 3.05) is 0 Å². The van der Waals surface area contributed by atoms with Crippen molar-refractivity contribution in [1.29, 1.82) is 0 Å². The van der Waals surface area contributed by atoms with Gasteiger partial charge in [0.05, 0.1) is 5.41 Å². The summed E-state index contributed by atoms with van der Waals surface area (Å²) in [4.78, 5) is 12.2. The molecule has 128 valence electrons. The molecule has 1 atom stereocenters. The number of aryl methyl sites for hydroxylation is 2. The second-order valence-corrected chi connectivity index (χ2v) is 6.94. The Labute approximate surface area is 144 Å². The summed E-state index contributed by atoms with van der Waals surface area (Å²) in [5, 5.41) is 0. The van der Waals surface area contributed by atoms with Crippen LogP contribution in [-0.4, -0.2) is 5.91 Å². The zero-order chi connectivity index (χ0) is 17.9. The monoisotopic (exact) mass is 325 g/mol. The number of hydrogen-bond donors (Lipinski definition) is 1. The van der Waals surface area contributed by atoms with Crippen molar-refractivity contribution in [3.05, 3.63) is 64.7 Å². The third kappa shape index (κ3) is 3.45. The van der Waals surface area contributed by atoms with Gasteiger partial charge in [0.25, 0.3) is 0 Å². The van der Waals surface area contributed by atoms with E-state index in [1.807, 2.05) is 65.0 Å². The molecular weight excluding hydrogens is 298 g/mol. The lowest BCUT2D eigenvalue weighted by molar-refractivity contribution is -0.124. The topological polar surface area (TPSA) is 52.3 Å². The minimum Gasteiger partial charge on any atom is -0.489 e. The van der Waals surface area contributed by atoms with Gasteiger partial charge in [-0.3, -0.25) is 4.79 Å². The first-order chi connectivity index (χ1) is 11.3. The van der Waals surface area contributed by atoms with Gasteiger partial charge >= 0.3 is 0 Å². The molecule has 0 aliphatic rings. The van der Waals surface area contributed by atoms with Gasteiger partial charge in [0.2, 0.25) is 5.91 Å². The first-order valence-corrected chi connectivity index (χ1v) is 8.35. The van der Waals surface area contributed by atoms with E-state index in [0.29, 0.717) is 6.61 Å². The van der Waals surface area contributed by atoms with E-state index in [2.05, 4.69) is 12.1 Å². The van der Waals surface area contributed by atoms with Gasteiger partial charge in [0.1, 0.15) is 12.4 Å². The minimum atomic E-state index is -0.721. The molecule has 1 unspecified atom stereocenters. The van der Waals surface area contributed by atoms with E-state index in [1.165, 1.54) is 0 Å². The molecule has 0 bridgehead atoms. The Balaban J connectivity index is 2.36. The van der Waals surface area contributed by atoms with E-state index in [9.17, 15) is 4.79 Å². The van der Waals surface area contributed by atoms with Crippen LogP contribution < -0.4 is 10.5 Å². The maximum absolute atomic E-state index is 12.2. The lowest BCUT2D eigenvalue weighted by Crippen LogP contribution is -2.43. The average Bonchev–Trinajstić information content (AvgIpc) is 2.54. The Morgan fingerprint density at radius 1 is 1.17 bits per heavy atom. The molecule has 1 amide bonds. The highest BCUT2D eigenvalue weighted by Gasteiger charge is 2.38. The van der Waals surface area contributed by atoms with Gasteiger partial charge in [-0.25, -0.2) is 0 Å². The van der Waals surface area contributed by atoms with Crippen molar-refractivity contribution in [3.8, 4) is 5.75 Å². The highest BCUT2D eigenvalue weighted by atomic mass is 16.5. The smallest absolute Gasteiger partial charge is 0.228 e. The summed E-state index contributed by atoms with van der Waals surface area (Å²) < 4.78 is 6.05. The molecule has 0 fully saturated rings. The first-order valence-electron chi connectivity index (χ1n) is 8.35. The van der Waals surface area contributed by atoms with Gasteiger partial charge in [-0.05, 0) is 55.0 Å². The molecule has 0 heterocycles. The van der Waals surface area contributed by atoms with Crippen LogP contribution in [0.1, 0.15) is 43.0 Å². The third-order valence-electron chi connectivity index (χ3n) is 4.97. The van der Waals surface area contributed by atoms with E-state index < -0.39 is 5.41 Å². The van der Waals surface area contributed by atoms with Gasteiger partial charge in [0, 0.05) is 0 Å². The molecular formula is C21H27NO2. The molecule has 0 aliphatic carbocycles. The van der Waals surface area contributed by atoms with Gasteiger partial charge in [0.15, 0.2) is 0 Å². The number of carbonyl (C=O) groups excluding carboxylic acids is 1. The van der Waals surface area contributed by atoms with Crippen molar-refractivity contribution < 1.29 is 9.53 Å². The number of benzene rings is 2. The number of carbonyl (C=O) groups is 1. The van der Waals surface area contributed by atoms with Crippen LogP contribution in [0.15, 0.2) is 42.5 Å². The molecule has 0 saturated heterocycles. The zero-order valence-electron chi connectivity index (χ0n) is 15.2. The molecule has 2 rings (SSSR count). The van der Waals surface area contributed by atoms with Crippen molar-refractivity contribution in [2.24, 2.45) is 11.7 Å². The molecule has 3 nitrogen and oxygen atoms in total. The SMILES string of the molecule is Cc1ccc(C)c(OCc2ccccc2C(C)(C(N)=O)C(C)C)c1. The van der Waals surface area contributed by atoms with Crippen LogP contribution in [0.3, 0.4) is 0 Å². The van der Waals surface area contributed by atoms with Gasteiger partial charge in [-0.15, -0.1) is 0 Å². The summed E-state index contributed by atoms with van der Waals surface area (Å²) in [5.41, 5.74) is 9.22. The number of amides is 1. The summed E-state index contributed by atoms with van der Waals surface area (Å²) >= 11 is 0. The van der Waals surface area contributed by atoms with Crippen LogP contribution in [-0.2, 0) is 16.8 Å². The van der Waals surface area contributed by atoms with Crippen LogP contribution in [0.2, 0.25) is 0 Å². The maximum atomic E-state index is 12.2. The molecule has 0 spiro atoms. The quantitative estimate of drug-likeness (QED) is 0.861. The van der Waals surface area contributed by atoms with Crippen molar-refractivity contribution in [2.45, 2.75) is 46.6 Å². The Morgan fingerprint density at radius 3 is 2.46 bits per heavy atom. The molecule has 2 aromatic carbocycles. The van der Waals surface area contributed by atoms with Crippen LogP contribution >= 0.6 is 0 Å². The zero-order valence-corrected chi connectivity index (χ0v) is 15.2. The lowest BCUT2D eigenvalue weighted by atomic mass is 9.71. The summed E-state index contributed by atoms with van der Waals surface area (Å²) in [5.74, 6) is 0.656. The third-order valence-corrected chi connectivity index (χ3v) is 4.97. The molecule has 24 heavy (non-hydrogen) atoms. The first kappa shape index (κ1) is 18.1. The molecule has 2 N–H and O–H groups in total. The largest absolute Gasteiger partial charge is 0.489 e. The predicted octanol–water partition coefficient (Wildman–Crippen LogP) is 4.28. The minimum absolute atomic E-state index is 0.0943. The van der Waals surface area contributed by atoms with Gasteiger partial charge in [-0.1, -0.05) is 50.2 Å². The summed E-state index contributed by atoms with van der Waals surface area (Å²) in [6.45, 7) is 10.4. The standard InChI is InChI=1S/C21H27NO2/c1-14(2)21(5,20(22)23)18-9-7-6-8-17(18)13-24-19-12-15(3)10-11-16(19)4/h6-12,14H,13H2,1-5H3,(H2,22,23). The Kier molecular flexibility index (Phi) is 5.33. The van der Waals surface area contributed by atoms with E-state index >= 15 is 0 Å². The number of hydrogen-bond acceptors (Lipinski definition) is 2. The second kappa shape index (κ2) is 7.08. The summed E-state index contributed by atoms with van der Waals surface area (Å²) in [7, 11) is 0. The molecule has 0 aromatic heterocycles. The number of nitrogens with two attached hydrogens (primary N) is 1. The van der Waals surface area contributed by atoms with Gasteiger partial charge < -0.3 is 10.5 Å². The molecule has 0 aliphatic heterocycles. The predicted molar refractivity (Wildman–Crippen MR) is 98.1 cm³/mol. The van der Waals surface area contributed by atoms with Gasteiger partial charge in [-0.2, -0.15) is 0 Å². The van der Waals surface area contributed by atoms with Crippen LogP contribution in [0.25, 0.3) is 0 Å². The Morgan fingerprint density at radius 2 is 1.83 bits per heavy atom. The number of primary amides is 1. The normalized spacial score (nSPS) is 13.6. The summed E-state index contributed by atoms with van der Waals surface area (Å²) in [6.07, 6.45) is 0. The van der Waals surface area contributed by atoms with Crippen molar-refractivity contribution >= 4 is 5.91 Å². The molecule has 0 radical (unpaired) electrons. The fraction of sp³-hybridized carbons (Fsp3) is 0.381. The molecule has 0 saturated carbocycles. The van der Waals surface area contributed by atoms with Crippen LogP contribution in [0.4, 0.5) is 0 Å². The van der Waals surface area contributed by atoms with Crippen LogP contribution in [0.5, 0.6) is 5.75 Å². The highest BCUT2D eigenvalue weighted by molar-refractivity contribution is 5.87. The average molecular weight is 325 g/mol. The molecule has 2 aromatic rings. The fourth-order valence-corrected chi connectivity index (χ4v) is 2.90. The van der Waals surface area contributed by atoms with E-state index in [1.54, 1.807) is 0 Å². The fourth-order valence-electron chi connectivity index (χ4n) is 2.90. The Bertz CT molecular complexity index is 736. The molecule has 3 heteroatoms. The maximum Gasteiger partial charge on any atom is 0.228 e. The van der Waals surface area contributed by atoms with Crippen molar-refractivity contribution in [3.63, 3.8) is 0 Å². The highest BCUT2D eigenvalue weighted by Crippen LogP contribution is 2.34. The van der Waals surface area contributed by atoms with Crippen molar-refractivity contribution in [1.82, 2.24) is 0 Å². The number of ether oxygens (including phenoxy) is 1. The second-order valence-electron chi connectivity index (χ2n) is 6.94. The lowest BCUT2D eigenvalue weighted by Gasteiger charge is -2.32. The van der Waals surface area contributed by atoms with E-state index in [-0.39, 0.29) is 11.8 Å². The van der Waals surface area contributed by atoms with Crippen LogP contribution in [0, 0.1) is 19.8 Å². The van der Waals surface area contributed by atoms with E-state index in [0.717, 1.165) is 28.0 Å². The Hall–Kier alpha value is -2.29.